The second-order valence-corrected chi connectivity index (χ2v) is 6.41. The maximum atomic E-state index is 5.49. The molecule has 20 heavy (non-hydrogen) atoms. The van der Waals surface area contributed by atoms with E-state index in [4.69, 9.17) is 9.47 Å². The summed E-state index contributed by atoms with van der Waals surface area (Å²) in [5.74, 6) is 2.76. The minimum absolute atomic E-state index is 0.368. The monoisotopic (exact) mass is 273 g/mol. The van der Waals surface area contributed by atoms with Gasteiger partial charge in [0.2, 0.25) is 6.79 Å². The first kappa shape index (κ1) is 12.5. The van der Waals surface area contributed by atoms with Crippen molar-refractivity contribution < 1.29 is 9.47 Å². The molecule has 1 saturated carbocycles. The van der Waals surface area contributed by atoms with E-state index in [2.05, 4.69) is 23.1 Å². The molecule has 0 amide bonds. The Kier molecular flexibility index (Phi) is 3.31. The molecule has 0 aromatic heterocycles. The third kappa shape index (κ3) is 2.28. The SMILES string of the molecule is c1cc2c(cc1CN1CCC[C@@H]3CCCC[C@@H]31)OCO2. The zero-order valence-electron chi connectivity index (χ0n) is 12.0. The molecular weight excluding hydrogens is 250 g/mol. The summed E-state index contributed by atoms with van der Waals surface area (Å²) in [6.45, 7) is 2.70. The molecule has 2 fully saturated rings. The minimum Gasteiger partial charge on any atom is -0.454 e. The molecule has 3 aliphatic rings. The molecule has 1 saturated heterocycles. The van der Waals surface area contributed by atoms with Crippen LogP contribution in [-0.4, -0.2) is 24.3 Å². The van der Waals surface area contributed by atoms with Gasteiger partial charge in [0.25, 0.3) is 0 Å². The van der Waals surface area contributed by atoms with Gasteiger partial charge in [-0.25, -0.2) is 0 Å². The molecule has 2 heterocycles. The van der Waals surface area contributed by atoms with Gasteiger partial charge in [-0.2, -0.15) is 0 Å². The molecule has 0 bridgehead atoms. The zero-order valence-corrected chi connectivity index (χ0v) is 12.0. The summed E-state index contributed by atoms with van der Waals surface area (Å²) in [6, 6.07) is 7.23. The second kappa shape index (κ2) is 5.28. The average Bonchev–Trinajstić information content (AvgIpc) is 2.95. The molecule has 0 spiro atoms. The molecule has 3 heteroatoms. The van der Waals surface area contributed by atoms with Crippen LogP contribution in [0.1, 0.15) is 44.1 Å². The number of likely N-dealkylation sites (tertiary alicyclic amines) is 1. The highest BCUT2D eigenvalue weighted by molar-refractivity contribution is 5.44. The molecule has 2 atom stereocenters. The van der Waals surface area contributed by atoms with Crippen LogP contribution in [0.2, 0.25) is 0 Å². The van der Waals surface area contributed by atoms with E-state index >= 15 is 0 Å². The van der Waals surface area contributed by atoms with Crippen LogP contribution in [0.3, 0.4) is 0 Å². The number of piperidine rings is 1. The molecule has 1 aliphatic carbocycles. The van der Waals surface area contributed by atoms with Gasteiger partial charge in [-0.3, -0.25) is 4.90 Å². The van der Waals surface area contributed by atoms with Crippen molar-refractivity contribution in [3.8, 4) is 11.5 Å². The summed E-state index contributed by atoms with van der Waals surface area (Å²) in [4.78, 5) is 2.71. The standard InChI is InChI=1S/C17H23NO2/c1-2-6-15-14(4-1)5-3-9-18(15)11-13-7-8-16-17(10-13)20-12-19-16/h7-8,10,14-15H,1-6,9,11-12H2/t14-,15-/m0/s1. The van der Waals surface area contributed by atoms with Gasteiger partial charge < -0.3 is 9.47 Å². The molecule has 0 N–H and O–H groups in total. The predicted molar refractivity (Wildman–Crippen MR) is 78.0 cm³/mol. The van der Waals surface area contributed by atoms with Gasteiger partial charge in [0.1, 0.15) is 0 Å². The van der Waals surface area contributed by atoms with Crippen molar-refractivity contribution in [2.75, 3.05) is 13.3 Å². The molecule has 0 unspecified atom stereocenters. The molecule has 1 aromatic rings. The lowest BCUT2D eigenvalue weighted by Gasteiger charge is -2.44. The van der Waals surface area contributed by atoms with Crippen LogP contribution in [-0.2, 0) is 6.54 Å². The van der Waals surface area contributed by atoms with Crippen molar-refractivity contribution in [3.05, 3.63) is 23.8 Å². The van der Waals surface area contributed by atoms with Gasteiger partial charge in [0.05, 0.1) is 0 Å². The Morgan fingerprint density at radius 1 is 1.00 bits per heavy atom. The van der Waals surface area contributed by atoms with Crippen LogP contribution in [0.4, 0.5) is 0 Å². The van der Waals surface area contributed by atoms with Gasteiger partial charge in [0.15, 0.2) is 11.5 Å². The maximum Gasteiger partial charge on any atom is 0.231 e. The van der Waals surface area contributed by atoms with Crippen LogP contribution in [0.15, 0.2) is 18.2 Å². The predicted octanol–water partition coefficient (Wildman–Crippen LogP) is 3.57. The smallest absolute Gasteiger partial charge is 0.231 e. The van der Waals surface area contributed by atoms with Crippen molar-refractivity contribution in [3.63, 3.8) is 0 Å². The number of ether oxygens (including phenoxy) is 2. The zero-order chi connectivity index (χ0) is 13.4. The number of benzene rings is 1. The highest BCUT2D eigenvalue weighted by atomic mass is 16.7. The Balaban J connectivity index is 1.50. The summed E-state index contributed by atoms with van der Waals surface area (Å²) in [7, 11) is 0. The van der Waals surface area contributed by atoms with E-state index in [1.807, 2.05) is 0 Å². The molecular formula is C17H23NO2. The molecule has 108 valence electrons. The third-order valence-electron chi connectivity index (χ3n) is 5.18. The van der Waals surface area contributed by atoms with Crippen LogP contribution in [0.25, 0.3) is 0 Å². The van der Waals surface area contributed by atoms with Crippen LogP contribution in [0.5, 0.6) is 11.5 Å². The van der Waals surface area contributed by atoms with E-state index < -0.39 is 0 Å². The van der Waals surface area contributed by atoms with E-state index in [0.29, 0.717) is 6.79 Å². The van der Waals surface area contributed by atoms with Crippen molar-refractivity contribution in [2.45, 2.75) is 51.1 Å². The van der Waals surface area contributed by atoms with Crippen LogP contribution >= 0.6 is 0 Å². The summed E-state index contributed by atoms with van der Waals surface area (Å²) < 4.78 is 10.9. The summed E-state index contributed by atoms with van der Waals surface area (Å²) in [5.41, 5.74) is 1.36. The highest BCUT2D eigenvalue weighted by Crippen LogP contribution is 2.37. The van der Waals surface area contributed by atoms with Gasteiger partial charge in [-0.1, -0.05) is 18.9 Å². The highest BCUT2D eigenvalue weighted by Gasteiger charge is 2.33. The van der Waals surface area contributed by atoms with Crippen LogP contribution < -0.4 is 9.47 Å². The molecule has 3 nitrogen and oxygen atoms in total. The first-order valence-corrected chi connectivity index (χ1v) is 8.03. The summed E-state index contributed by atoms with van der Waals surface area (Å²) in [6.07, 6.45) is 8.52. The average molecular weight is 273 g/mol. The second-order valence-electron chi connectivity index (χ2n) is 6.41. The normalized spacial score (nSPS) is 29.2. The number of nitrogens with zero attached hydrogens (tertiary/aromatic N) is 1. The summed E-state index contributed by atoms with van der Waals surface area (Å²) in [5, 5.41) is 0. The molecule has 1 aromatic carbocycles. The first-order valence-electron chi connectivity index (χ1n) is 8.03. The lowest BCUT2D eigenvalue weighted by atomic mass is 9.78. The van der Waals surface area contributed by atoms with Crippen molar-refractivity contribution in [1.29, 1.82) is 0 Å². The van der Waals surface area contributed by atoms with E-state index in [-0.39, 0.29) is 0 Å². The van der Waals surface area contributed by atoms with E-state index in [0.717, 1.165) is 30.0 Å². The quantitative estimate of drug-likeness (QED) is 0.822. The number of fused-ring (bicyclic) bond motifs is 2. The molecule has 2 aliphatic heterocycles. The fourth-order valence-corrected chi connectivity index (χ4v) is 4.20. The fraction of sp³-hybridized carbons (Fsp3) is 0.647. The van der Waals surface area contributed by atoms with Gasteiger partial charge in [-0.15, -0.1) is 0 Å². The van der Waals surface area contributed by atoms with Gasteiger partial charge in [0, 0.05) is 12.6 Å². The first-order chi connectivity index (χ1) is 9.90. The Morgan fingerprint density at radius 3 is 2.85 bits per heavy atom. The van der Waals surface area contributed by atoms with Gasteiger partial charge in [-0.05, 0) is 55.8 Å². The minimum atomic E-state index is 0.368. The number of hydrogen-bond acceptors (Lipinski definition) is 3. The summed E-state index contributed by atoms with van der Waals surface area (Å²) >= 11 is 0. The van der Waals surface area contributed by atoms with E-state index in [1.165, 1.54) is 50.6 Å². The van der Waals surface area contributed by atoms with E-state index in [9.17, 15) is 0 Å². The lowest BCUT2D eigenvalue weighted by molar-refractivity contribution is 0.0546. The number of hydrogen-bond donors (Lipinski definition) is 0. The molecule has 0 radical (unpaired) electrons. The van der Waals surface area contributed by atoms with Crippen LogP contribution in [0, 0.1) is 5.92 Å². The third-order valence-corrected chi connectivity index (χ3v) is 5.18. The molecule has 4 rings (SSSR count). The number of rotatable bonds is 2. The fourth-order valence-electron chi connectivity index (χ4n) is 4.20. The van der Waals surface area contributed by atoms with Crippen molar-refractivity contribution in [1.82, 2.24) is 4.90 Å². The Hall–Kier alpha value is -1.22. The van der Waals surface area contributed by atoms with E-state index in [1.54, 1.807) is 0 Å². The van der Waals surface area contributed by atoms with Crippen molar-refractivity contribution in [2.24, 2.45) is 5.92 Å². The largest absolute Gasteiger partial charge is 0.454 e. The van der Waals surface area contributed by atoms with Crippen molar-refractivity contribution >= 4 is 0 Å². The Bertz CT molecular complexity index is 486. The van der Waals surface area contributed by atoms with Gasteiger partial charge >= 0.3 is 0 Å². The Labute approximate surface area is 120 Å². The maximum absolute atomic E-state index is 5.49. The topological polar surface area (TPSA) is 21.7 Å². The lowest BCUT2D eigenvalue weighted by Crippen LogP contribution is -2.46. The Morgan fingerprint density at radius 2 is 1.85 bits per heavy atom.